The van der Waals surface area contributed by atoms with Crippen molar-refractivity contribution in [2.75, 3.05) is 19.6 Å². The number of urea groups is 1. The summed E-state index contributed by atoms with van der Waals surface area (Å²) < 4.78 is 0. The molecule has 0 unspecified atom stereocenters. The van der Waals surface area contributed by atoms with Crippen molar-refractivity contribution in [3.8, 4) is 0 Å². The molecule has 1 aliphatic rings. The maximum absolute atomic E-state index is 11.1. The van der Waals surface area contributed by atoms with E-state index < -0.39 is 6.03 Å². The molecule has 1 saturated heterocycles. The molecule has 1 fully saturated rings. The number of primary amides is 1. The molecule has 0 atom stereocenters. The van der Waals surface area contributed by atoms with Crippen LogP contribution < -0.4 is 16.8 Å². The summed E-state index contributed by atoms with van der Waals surface area (Å²) in [5, 5.41) is 2.03. The average molecular weight is 200 g/mol. The number of carbonyl (C=O) groups is 2. The number of likely N-dealkylation sites (tertiary alicyclic amines) is 1. The molecule has 0 saturated carbocycles. The van der Waals surface area contributed by atoms with Crippen molar-refractivity contribution in [2.24, 2.45) is 11.5 Å². The standard InChI is InChI=1S/C8H16N4O2/c9-6-1-3-12(4-2-6)5-7(13)11-8(10)14/h6H,1-5,9H2,(H3,10,11,13,14). The van der Waals surface area contributed by atoms with Crippen LogP contribution in [0, 0.1) is 0 Å². The van der Waals surface area contributed by atoms with Crippen LogP contribution in [0.25, 0.3) is 0 Å². The molecule has 0 aliphatic carbocycles. The van der Waals surface area contributed by atoms with Gasteiger partial charge in [0, 0.05) is 19.1 Å². The van der Waals surface area contributed by atoms with Crippen molar-refractivity contribution in [1.29, 1.82) is 0 Å². The molecule has 0 spiro atoms. The van der Waals surface area contributed by atoms with E-state index in [-0.39, 0.29) is 18.5 Å². The molecule has 0 aromatic carbocycles. The molecule has 80 valence electrons. The summed E-state index contributed by atoms with van der Waals surface area (Å²) in [6, 6.07) is -0.561. The van der Waals surface area contributed by atoms with Gasteiger partial charge in [0.15, 0.2) is 0 Å². The van der Waals surface area contributed by atoms with E-state index in [1.54, 1.807) is 0 Å². The number of carbonyl (C=O) groups excluding carboxylic acids is 2. The van der Waals surface area contributed by atoms with Crippen LogP contribution in [0.3, 0.4) is 0 Å². The summed E-state index contributed by atoms with van der Waals surface area (Å²) in [7, 11) is 0. The molecule has 5 N–H and O–H groups in total. The van der Waals surface area contributed by atoms with Gasteiger partial charge < -0.3 is 11.5 Å². The van der Waals surface area contributed by atoms with Crippen LogP contribution in [0.5, 0.6) is 0 Å². The Morgan fingerprint density at radius 2 is 1.93 bits per heavy atom. The molecule has 6 heteroatoms. The topological polar surface area (TPSA) is 101 Å². The number of imide groups is 1. The van der Waals surface area contributed by atoms with Crippen molar-refractivity contribution in [1.82, 2.24) is 10.2 Å². The highest BCUT2D eigenvalue weighted by Crippen LogP contribution is 2.06. The Bertz CT molecular complexity index is 223. The van der Waals surface area contributed by atoms with Crippen molar-refractivity contribution in [2.45, 2.75) is 18.9 Å². The maximum Gasteiger partial charge on any atom is 0.318 e. The van der Waals surface area contributed by atoms with E-state index in [0.717, 1.165) is 25.9 Å². The lowest BCUT2D eigenvalue weighted by atomic mass is 10.1. The Kier molecular flexibility index (Phi) is 3.84. The van der Waals surface area contributed by atoms with E-state index in [4.69, 9.17) is 11.5 Å². The SMILES string of the molecule is NC(=O)NC(=O)CN1CCC(N)CC1. The number of piperidine rings is 1. The lowest BCUT2D eigenvalue weighted by Crippen LogP contribution is -2.46. The Hall–Kier alpha value is -1.14. The van der Waals surface area contributed by atoms with Crippen LogP contribution in [-0.4, -0.2) is 42.5 Å². The van der Waals surface area contributed by atoms with Gasteiger partial charge >= 0.3 is 6.03 Å². The van der Waals surface area contributed by atoms with Gasteiger partial charge in [-0.3, -0.25) is 15.0 Å². The van der Waals surface area contributed by atoms with Crippen LogP contribution in [0.2, 0.25) is 0 Å². The Balaban J connectivity index is 2.24. The monoisotopic (exact) mass is 200 g/mol. The van der Waals surface area contributed by atoms with E-state index in [1.807, 2.05) is 10.2 Å². The predicted molar refractivity (Wildman–Crippen MR) is 51.4 cm³/mol. The highest BCUT2D eigenvalue weighted by molar-refractivity contribution is 5.94. The number of hydrogen-bond acceptors (Lipinski definition) is 4. The molecular formula is C8H16N4O2. The zero-order valence-corrected chi connectivity index (χ0v) is 8.03. The number of hydrogen-bond donors (Lipinski definition) is 3. The zero-order chi connectivity index (χ0) is 10.6. The molecule has 0 radical (unpaired) electrons. The minimum atomic E-state index is -0.802. The second kappa shape index (κ2) is 4.92. The summed E-state index contributed by atoms with van der Waals surface area (Å²) in [4.78, 5) is 23.4. The van der Waals surface area contributed by atoms with Crippen LogP contribution in [0.1, 0.15) is 12.8 Å². The van der Waals surface area contributed by atoms with E-state index in [1.165, 1.54) is 0 Å². The second-order valence-corrected chi connectivity index (χ2v) is 3.53. The van der Waals surface area contributed by atoms with Gasteiger partial charge in [-0.2, -0.15) is 0 Å². The van der Waals surface area contributed by atoms with E-state index in [9.17, 15) is 9.59 Å². The molecule has 0 aromatic rings. The first kappa shape index (κ1) is 10.9. The van der Waals surface area contributed by atoms with Crippen LogP contribution in [-0.2, 0) is 4.79 Å². The summed E-state index contributed by atoms with van der Waals surface area (Å²) in [6.45, 7) is 1.82. The average Bonchev–Trinajstić information content (AvgIpc) is 2.07. The molecular weight excluding hydrogens is 184 g/mol. The number of nitrogens with zero attached hydrogens (tertiary/aromatic N) is 1. The molecule has 6 nitrogen and oxygen atoms in total. The number of rotatable bonds is 2. The third kappa shape index (κ3) is 3.71. The van der Waals surface area contributed by atoms with Crippen molar-refractivity contribution < 1.29 is 9.59 Å². The smallest absolute Gasteiger partial charge is 0.318 e. The second-order valence-electron chi connectivity index (χ2n) is 3.53. The molecule has 1 aliphatic heterocycles. The minimum Gasteiger partial charge on any atom is -0.351 e. The fourth-order valence-corrected chi connectivity index (χ4v) is 1.49. The first-order chi connectivity index (χ1) is 6.58. The number of nitrogens with two attached hydrogens (primary N) is 2. The van der Waals surface area contributed by atoms with Crippen LogP contribution >= 0.6 is 0 Å². The minimum absolute atomic E-state index is 0.218. The molecule has 0 aromatic heterocycles. The highest BCUT2D eigenvalue weighted by Gasteiger charge is 2.18. The van der Waals surface area contributed by atoms with Gasteiger partial charge in [-0.1, -0.05) is 0 Å². The largest absolute Gasteiger partial charge is 0.351 e. The van der Waals surface area contributed by atoms with Crippen molar-refractivity contribution in [3.05, 3.63) is 0 Å². The summed E-state index contributed by atoms with van der Waals surface area (Å²) in [6.07, 6.45) is 1.79. The van der Waals surface area contributed by atoms with Gasteiger partial charge in [-0.15, -0.1) is 0 Å². The van der Waals surface area contributed by atoms with Crippen molar-refractivity contribution in [3.63, 3.8) is 0 Å². The van der Waals surface area contributed by atoms with Crippen LogP contribution in [0.15, 0.2) is 0 Å². The normalized spacial score (nSPS) is 19.2. The first-order valence-electron chi connectivity index (χ1n) is 4.65. The third-order valence-electron chi connectivity index (χ3n) is 2.26. The fourth-order valence-electron chi connectivity index (χ4n) is 1.49. The van der Waals surface area contributed by atoms with Gasteiger partial charge in [0.25, 0.3) is 0 Å². The number of amides is 3. The fraction of sp³-hybridized carbons (Fsp3) is 0.750. The molecule has 1 heterocycles. The van der Waals surface area contributed by atoms with Crippen molar-refractivity contribution >= 4 is 11.9 Å². The Morgan fingerprint density at radius 1 is 1.36 bits per heavy atom. The first-order valence-corrected chi connectivity index (χ1v) is 4.65. The number of nitrogens with one attached hydrogen (secondary N) is 1. The van der Waals surface area contributed by atoms with Gasteiger partial charge in [-0.05, 0) is 12.8 Å². The lowest BCUT2D eigenvalue weighted by Gasteiger charge is -2.29. The van der Waals surface area contributed by atoms with Gasteiger partial charge in [0.05, 0.1) is 6.54 Å². The summed E-state index contributed by atoms with van der Waals surface area (Å²) in [5.74, 6) is -0.354. The van der Waals surface area contributed by atoms with Gasteiger partial charge in [-0.25, -0.2) is 4.79 Å². The van der Waals surface area contributed by atoms with E-state index in [0.29, 0.717) is 0 Å². The molecule has 14 heavy (non-hydrogen) atoms. The van der Waals surface area contributed by atoms with Crippen LogP contribution in [0.4, 0.5) is 4.79 Å². The molecule has 1 rings (SSSR count). The summed E-state index contributed by atoms with van der Waals surface area (Å²) in [5.41, 5.74) is 10.5. The van der Waals surface area contributed by atoms with E-state index >= 15 is 0 Å². The quantitative estimate of drug-likeness (QED) is 0.510. The zero-order valence-electron chi connectivity index (χ0n) is 8.03. The Morgan fingerprint density at radius 3 is 2.43 bits per heavy atom. The third-order valence-corrected chi connectivity index (χ3v) is 2.26. The lowest BCUT2D eigenvalue weighted by molar-refractivity contribution is -0.121. The summed E-state index contributed by atoms with van der Waals surface area (Å²) >= 11 is 0. The van der Waals surface area contributed by atoms with E-state index in [2.05, 4.69) is 0 Å². The molecule has 0 bridgehead atoms. The predicted octanol–water partition coefficient (Wildman–Crippen LogP) is -1.40. The Labute approximate surface area is 82.6 Å². The highest BCUT2D eigenvalue weighted by atomic mass is 16.2. The maximum atomic E-state index is 11.1. The van der Waals surface area contributed by atoms with Gasteiger partial charge in [0.2, 0.25) is 5.91 Å². The van der Waals surface area contributed by atoms with Gasteiger partial charge in [0.1, 0.15) is 0 Å². The molecule has 3 amide bonds.